The van der Waals surface area contributed by atoms with Crippen LogP contribution in [0.15, 0.2) is 24.3 Å². The van der Waals surface area contributed by atoms with Gasteiger partial charge in [0.25, 0.3) is 0 Å². The Morgan fingerprint density at radius 3 is 2.35 bits per heavy atom. The van der Waals surface area contributed by atoms with Crippen LogP contribution >= 0.6 is 0 Å². The van der Waals surface area contributed by atoms with Gasteiger partial charge in [-0.25, -0.2) is 4.79 Å². The predicted molar refractivity (Wildman–Crippen MR) is 66.1 cm³/mol. The fourth-order valence-electron chi connectivity index (χ4n) is 1.29. The zero-order chi connectivity index (χ0) is 12.9. The Morgan fingerprint density at radius 2 is 1.88 bits per heavy atom. The van der Waals surface area contributed by atoms with Gasteiger partial charge in [0.2, 0.25) is 0 Å². The van der Waals surface area contributed by atoms with Crippen molar-refractivity contribution < 1.29 is 14.6 Å². The first kappa shape index (κ1) is 13.5. The third-order valence-electron chi connectivity index (χ3n) is 2.01. The second kappa shape index (κ2) is 5.68. The smallest absolute Gasteiger partial charge is 0.410 e. The van der Waals surface area contributed by atoms with Gasteiger partial charge in [-0.1, -0.05) is 12.1 Å². The van der Waals surface area contributed by atoms with E-state index in [1.54, 1.807) is 12.1 Å². The Bertz CT molecular complexity index is 365. The van der Waals surface area contributed by atoms with E-state index >= 15 is 0 Å². The number of carbonyl (C=O) groups excluding carboxylic acids is 1. The molecule has 0 atom stereocenters. The monoisotopic (exact) mass is 237 g/mol. The normalized spacial score (nSPS) is 11.1. The number of hydrogen-bond acceptors (Lipinski definition) is 3. The zero-order valence-electron chi connectivity index (χ0n) is 10.5. The van der Waals surface area contributed by atoms with Crippen LogP contribution in [0.3, 0.4) is 0 Å². The number of benzene rings is 1. The maximum absolute atomic E-state index is 11.5. The van der Waals surface area contributed by atoms with Crippen LogP contribution in [0.2, 0.25) is 0 Å². The van der Waals surface area contributed by atoms with Crippen molar-refractivity contribution in [3.05, 3.63) is 29.8 Å². The summed E-state index contributed by atoms with van der Waals surface area (Å²) in [6.07, 6.45) is 0.140. The summed E-state index contributed by atoms with van der Waals surface area (Å²) in [5, 5.41) is 11.5. The van der Waals surface area contributed by atoms with Gasteiger partial charge in [0, 0.05) is 12.1 Å². The molecule has 2 N–H and O–H groups in total. The molecule has 0 radical (unpaired) electrons. The molecule has 0 fully saturated rings. The Kier molecular flexibility index (Phi) is 4.52. The molecule has 1 aromatic carbocycles. The maximum atomic E-state index is 11.5. The van der Waals surface area contributed by atoms with E-state index in [0.29, 0.717) is 12.2 Å². The topological polar surface area (TPSA) is 58.6 Å². The lowest BCUT2D eigenvalue weighted by Gasteiger charge is -2.19. The molecular weight excluding hydrogens is 218 g/mol. The Labute approximate surface area is 102 Å². The van der Waals surface area contributed by atoms with E-state index in [9.17, 15) is 4.79 Å². The first-order chi connectivity index (χ1) is 7.90. The fourth-order valence-corrected chi connectivity index (χ4v) is 1.29. The van der Waals surface area contributed by atoms with E-state index in [-0.39, 0.29) is 12.1 Å². The van der Waals surface area contributed by atoms with Crippen molar-refractivity contribution in [1.82, 2.24) is 5.32 Å². The molecule has 0 aliphatic heterocycles. The molecule has 4 heteroatoms. The predicted octanol–water partition coefficient (Wildman–Crippen LogP) is 2.11. The maximum Gasteiger partial charge on any atom is 0.413 e. The molecular formula is C13H19NO3. The van der Waals surface area contributed by atoms with Crippen molar-refractivity contribution in [2.75, 3.05) is 6.61 Å². The molecule has 17 heavy (non-hydrogen) atoms. The molecule has 0 bridgehead atoms. The summed E-state index contributed by atoms with van der Waals surface area (Å²) in [6.45, 7) is 5.78. The van der Waals surface area contributed by atoms with E-state index < -0.39 is 6.09 Å². The Hall–Kier alpha value is -1.55. The number of aliphatic hydroxyl groups excluding tert-OH is 1. The highest BCUT2D eigenvalue weighted by Gasteiger charge is 2.14. The van der Waals surface area contributed by atoms with Crippen molar-refractivity contribution >= 4 is 6.09 Å². The molecule has 1 rings (SSSR count). The van der Waals surface area contributed by atoms with Crippen LogP contribution in [0, 0.1) is 0 Å². The summed E-state index contributed by atoms with van der Waals surface area (Å²) >= 11 is 0. The second-order valence-corrected chi connectivity index (χ2v) is 4.88. The number of rotatable bonds is 3. The molecule has 0 heterocycles. The van der Waals surface area contributed by atoms with Crippen LogP contribution in [0.4, 0.5) is 4.79 Å². The van der Waals surface area contributed by atoms with Crippen LogP contribution in [0.5, 0.6) is 5.75 Å². The molecule has 0 aliphatic rings. The zero-order valence-corrected chi connectivity index (χ0v) is 10.5. The molecule has 0 aromatic heterocycles. The lowest BCUT2D eigenvalue weighted by Crippen LogP contribution is -2.42. The number of ether oxygens (including phenoxy) is 1. The summed E-state index contributed by atoms with van der Waals surface area (Å²) < 4.78 is 5.11. The van der Waals surface area contributed by atoms with Gasteiger partial charge in [0.05, 0.1) is 0 Å². The minimum absolute atomic E-state index is 0.116. The molecule has 0 saturated carbocycles. The lowest BCUT2D eigenvalue weighted by molar-refractivity contribution is 0.190. The van der Waals surface area contributed by atoms with E-state index in [1.807, 2.05) is 32.9 Å². The summed E-state index contributed by atoms with van der Waals surface area (Å²) in [5.74, 6) is 0.494. The molecule has 4 nitrogen and oxygen atoms in total. The van der Waals surface area contributed by atoms with Crippen LogP contribution in [-0.4, -0.2) is 23.3 Å². The van der Waals surface area contributed by atoms with Gasteiger partial charge in [-0.15, -0.1) is 0 Å². The number of aliphatic hydroxyl groups is 1. The first-order valence-corrected chi connectivity index (χ1v) is 5.60. The number of hydrogen-bond donors (Lipinski definition) is 2. The molecule has 94 valence electrons. The minimum Gasteiger partial charge on any atom is -0.410 e. The molecule has 0 unspecified atom stereocenters. The Morgan fingerprint density at radius 1 is 1.29 bits per heavy atom. The van der Waals surface area contributed by atoms with Crippen LogP contribution in [0.25, 0.3) is 0 Å². The van der Waals surface area contributed by atoms with Crippen molar-refractivity contribution in [2.24, 2.45) is 0 Å². The molecule has 1 amide bonds. The number of amides is 1. The van der Waals surface area contributed by atoms with Crippen molar-refractivity contribution in [3.63, 3.8) is 0 Å². The molecule has 1 aromatic rings. The van der Waals surface area contributed by atoms with Gasteiger partial charge in [0.1, 0.15) is 5.75 Å². The quantitative estimate of drug-likeness (QED) is 0.846. The first-order valence-electron chi connectivity index (χ1n) is 5.60. The van der Waals surface area contributed by atoms with Crippen molar-refractivity contribution in [3.8, 4) is 5.75 Å². The summed E-state index contributed by atoms with van der Waals surface area (Å²) in [7, 11) is 0. The van der Waals surface area contributed by atoms with Gasteiger partial charge < -0.3 is 15.2 Å². The van der Waals surface area contributed by atoms with Gasteiger partial charge in [-0.2, -0.15) is 0 Å². The SMILES string of the molecule is CC(C)(C)NC(=O)Oc1ccc(CCO)cc1. The fraction of sp³-hybridized carbons (Fsp3) is 0.462. The highest BCUT2D eigenvalue weighted by atomic mass is 16.6. The van der Waals surface area contributed by atoms with E-state index in [0.717, 1.165) is 5.56 Å². The highest BCUT2D eigenvalue weighted by molar-refractivity contribution is 5.71. The molecule has 0 aliphatic carbocycles. The molecule has 0 saturated heterocycles. The number of nitrogens with one attached hydrogen (secondary N) is 1. The summed E-state index contributed by atoms with van der Waals surface area (Å²) in [5.41, 5.74) is 0.699. The lowest BCUT2D eigenvalue weighted by atomic mass is 10.1. The van der Waals surface area contributed by atoms with Crippen molar-refractivity contribution in [2.45, 2.75) is 32.7 Å². The van der Waals surface area contributed by atoms with E-state index in [4.69, 9.17) is 9.84 Å². The second-order valence-electron chi connectivity index (χ2n) is 4.88. The Balaban J connectivity index is 2.54. The average Bonchev–Trinajstić information content (AvgIpc) is 2.18. The number of carbonyl (C=O) groups is 1. The van der Waals surface area contributed by atoms with Gasteiger partial charge in [-0.05, 0) is 44.9 Å². The van der Waals surface area contributed by atoms with E-state index in [1.165, 1.54) is 0 Å². The average molecular weight is 237 g/mol. The third-order valence-corrected chi connectivity index (χ3v) is 2.01. The summed E-state index contributed by atoms with van der Waals surface area (Å²) in [4.78, 5) is 11.5. The van der Waals surface area contributed by atoms with Crippen LogP contribution in [-0.2, 0) is 6.42 Å². The summed E-state index contributed by atoms with van der Waals surface area (Å²) in [6, 6.07) is 7.09. The van der Waals surface area contributed by atoms with Crippen LogP contribution < -0.4 is 10.1 Å². The third kappa shape index (κ3) is 5.36. The van der Waals surface area contributed by atoms with Crippen molar-refractivity contribution in [1.29, 1.82) is 0 Å². The standard InChI is InChI=1S/C13H19NO3/c1-13(2,3)14-12(16)17-11-6-4-10(5-7-11)8-9-15/h4-7,15H,8-9H2,1-3H3,(H,14,16). The molecule has 0 spiro atoms. The van der Waals surface area contributed by atoms with E-state index in [2.05, 4.69) is 5.32 Å². The minimum atomic E-state index is -0.465. The van der Waals surface area contributed by atoms with Crippen LogP contribution in [0.1, 0.15) is 26.3 Å². The van der Waals surface area contributed by atoms with Gasteiger partial charge >= 0.3 is 6.09 Å². The van der Waals surface area contributed by atoms with Gasteiger partial charge in [-0.3, -0.25) is 0 Å². The van der Waals surface area contributed by atoms with Gasteiger partial charge in [0.15, 0.2) is 0 Å². The highest BCUT2D eigenvalue weighted by Crippen LogP contribution is 2.13. The largest absolute Gasteiger partial charge is 0.413 e.